The first-order valence-electron chi connectivity index (χ1n) is 11.3. The molecule has 5 nitrogen and oxygen atoms in total. The molecule has 7 heteroatoms. The fourth-order valence-electron chi connectivity index (χ4n) is 4.68. The van der Waals surface area contributed by atoms with Gasteiger partial charge in [0.15, 0.2) is 6.17 Å². The average Bonchev–Trinajstić information content (AvgIpc) is 3.36. The quantitative estimate of drug-likeness (QED) is 0.530. The number of likely N-dealkylation sites (tertiary alicyclic amines) is 1. The van der Waals surface area contributed by atoms with Crippen molar-refractivity contribution in [3.63, 3.8) is 0 Å². The topological polar surface area (TPSA) is 51.7 Å². The number of alkyl halides is 1. The number of nitrogens with zero attached hydrogens (tertiary/aromatic N) is 2. The van der Waals surface area contributed by atoms with E-state index < -0.39 is 18.4 Å². The number of fused-ring (bicyclic) bond motifs is 1. The van der Waals surface area contributed by atoms with Gasteiger partial charge in [-0.25, -0.2) is 4.39 Å². The molecule has 3 heterocycles. The molecule has 174 valence electrons. The van der Waals surface area contributed by atoms with E-state index >= 15 is 0 Å². The van der Waals surface area contributed by atoms with E-state index in [0.717, 1.165) is 40.4 Å². The van der Waals surface area contributed by atoms with E-state index in [1.54, 1.807) is 4.90 Å². The van der Waals surface area contributed by atoms with Gasteiger partial charge in [0.2, 0.25) is 0 Å². The molecule has 2 saturated heterocycles. The number of aryl methyl sites for hydroxylation is 1. The minimum atomic E-state index is -1.22. The maximum atomic E-state index is 14.8. The molecule has 0 bridgehead atoms. The molecule has 0 aliphatic carbocycles. The summed E-state index contributed by atoms with van der Waals surface area (Å²) < 4.78 is 26.2. The highest BCUT2D eigenvalue weighted by Crippen LogP contribution is 2.31. The number of pyridine rings is 1. The molecular formula is C26H28ClFN2O3. The summed E-state index contributed by atoms with van der Waals surface area (Å²) in [5.41, 5.74) is 4.31. The largest absolute Gasteiger partial charge is 0.487 e. The van der Waals surface area contributed by atoms with Gasteiger partial charge in [0.05, 0.1) is 12.1 Å². The Kier molecular flexibility index (Phi) is 7.15. The molecule has 2 aliphatic heterocycles. The summed E-state index contributed by atoms with van der Waals surface area (Å²) in [4.78, 5) is 18.6. The molecule has 0 radical (unpaired) electrons. The first kappa shape index (κ1) is 23.5. The predicted molar refractivity (Wildman–Crippen MR) is 129 cm³/mol. The predicted octanol–water partition coefficient (Wildman–Crippen LogP) is 5.13. The third-order valence-electron chi connectivity index (χ3n) is 6.48. The molecule has 1 aromatic heterocycles. The van der Waals surface area contributed by atoms with Crippen LogP contribution in [0.1, 0.15) is 24.8 Å². The van der Waals surface area contributed by atoms with Gasteiger partial charge >= 0.3 is 0 Å². The molecule has 3 aromatic rings. The monoisotopic (exact) mass is 470 g/mol. The van der Waals surface area contributed by atoms with Crippen LogP contribution in [0.15, 0.2) is 54.7 Å². The van der Waals surface area contributed by atoms with E-state index in [2.05, 4.69) is 30.1 Å². The van der Waals surface area contributed by atoms with Crippen molar-refractivity contribution in [2.24, 2.45) is 0 Å². The second-order valence-electron chi connectivity index (χ2n) is 8.58. The Morgan fingerprint density at radius 3 is 2.70 bits per heavy atom. The van der Waals surface area contributed by atoms with Crippen molar-refractivity contribution in [1.29, 1.82) is 0 Å². The summed E-state index contributed by atoms with van der Waals surface area (Å²) in [6, 6.07) is 15.9. The summed E-state index contributed by atoms with van der Waals surface area (Å²) >= 11 is 0. The van der Waals surface area contributed by atoms with Crippen LogP contribution in [0.25, 0.3) is 22.0 Å². The lowest BCUT2D eigenvalue weighted by Crippen LogP contribution is -2.51. The molecule has 33 heavy (non-hydrogen) atoms. The van der Waals surface area contributed by atoms with E-state index in [4.69, 9.17) is 9.47 Å². The first-order valence-corrected chi connectivity index (χ1v) is 11.3. The lowest BCUT2D eigenvalue weighted by atomic mass is 9.98. The highest BCUT2D eigenvalue weighted by Gasteiger charge is 2.36. The number of benzene rings is 2. The zero-order valence-electron chi connectivity index (χ0n) is 18.6. The Bertz CT molecular complexity index is 1120. The summed E-state index contributed by atoms with van der Waals surface area (Å²) in [6.45, 7) is 3.24. The van der Waals surface area contributed by atoms with Crippen molar-refractivity contribution in [3.8, 4) is 16.9 Å². The lowest BCUT2D eigenvalue weighted by molar-refractivity contribution is -0.144. The number of piperidine rings is 1. The molecule has 3 atom stereocenters. The Hall–Kier alpha value is -2.70. The number of rotatable bonds is 4. The van der Waals surface area contributed by atoms with Crippen molar-refractivity contribution < 1.29 is 18.7 Å². The minimum absolute atomic E-state index is 0. The van der Waals surface area contributed by atoms with Crippen LogP contribution in [-0.4, -0.2) is 53.9 Å². The van der Waals surface area contributed by atoms with Crippen LogP contribution in [0.5, 0.6) is 5.75 Å². The molecule has 5 rings (SSSR count). The molecule has 2 aliphatic rings. The number of hydrogen-bond acceptors (Lipinski definition) is 4. The van der Waals surface area contributed by atoms with Crippen molar-refractivity contribution in [2.45, 2.75) is 44.6 Å². The van der Waals surface area contributed by atoms with Gasteiger partial charge < -0.3 is 14.4 Å². The van der Waals surface area contributed by atoms with Crippen LogP contribution >= 0.6 is 12.4 Å². The second-order valence-corrected chi connectivity index (χ2v) is 8.58. The van der Waals surface area contributed by atoms with Gasteiger partial charge in [-0.2, -0.15) is 0 Å². The third-order valence-corrected chi connectivity index (χ3v) is 6.48. The van der Waals surface area contributed by atoms with Crippen LogP contribution in [0, 0.1) is 6.92 Å². The van der Waals surface area contributed by atoms with E-state index in [1.165, 1.54) is 0 Å². The molecule has 0 saturated carbocycles. The van der Waals surface area contributed by atoms with Crippen LogP contribution in [0.3, 0.4) is 0 Å². The van der Waals surface area contributed by atoms with Gasteiger partial charge in [-0.1, -0.05) is 30.3 Å². The van der Waals surface area contributed by atoms with Gasteiger partial charge in [-0.15, -0.1) is 12.4 Å². The van der Waals surface area contributed by atoms with E-state index in [9.17, 15) is 9.18 Å². The first-order chi connectivity index (χ1) is 15.6. The van der Waals surface area contributed by atoms with Crippen LogP contribution in [0.4, 0.5) is 4.39 Å². The Balaban J connectivity index is 0.00000259. The number of amides is 1. The van der Waals surface area contributed by atoms with Crippen molar-refractivity contribution in [1.82, 2.24) is 9.88 Å². The summed E-state index contributed by atoms with van der Waals surface area (Å²) in [5.74, 6) is 0.546. The standard InChI is InChI=1S/C26H27FN2O3.ClH/c1-17-21(11-8-19-4-2-13-28-25(17)19)18-6-9-20(10-7-18)32-23-12-14-29(16-22(23)27)26(30)24-5-3-15-31-24;/h2,4,6-11,13,22-24H,3,5,12,14-16H2,1H3;1H/t22-,23+,24-;/m1./s1. The Morgan fingerprint density at radius 1 is 1.15 bits per heavy atom. The van der Waals surface area contributed by atoms with Crippen LogP contribution in [0.2, 0.25) is 0 Å². The molecule has 0 N–H and O–H groups in total. The van der Waals surface area contributed by atoms with E-state index in [0.29, 0.717) is 25.3 Å². The van der Waals surface area contributed by atoms with Crippen molar-refractivity contribution in [2.75, 3.05) is 19.7 Å². The molecule has 0 unspecified atom stereocenters. The van der Waals surface area contributed by atoms with Gasteiger partial charge in [-0.05, 0) is 54.7 Å². The molecule has 2 aromatic carbocycles. The zero-order chi connectivity index (χ0) is 22.1. The zero-order valence-corrected chi connectivity index (χ0v) is 19.4. The number of aromatic nitrogens is 1. The molecule has 2 fully saturated rings. The minimum Gasteiger partial charge on any atom is -0.487 e. The molecule has 0 spiro atoms. The fourth-order valence-corrected chi connectivity index (χ4v) is 4.68. The number of carbonyl (C=O) groups is 1. The summed E-state index contributed by atoms with van der Waals surface area (Å²) in [7, 11) is 0. The summed E-state index contributed by atoms with van der Waals surface area (Å²) in [6.07, 6.45) is 1.72. The van der Waals surface area contributed by atoms with E-state index in [1.807, 2.05) is 36.5 Å². The van der Waals surface area contributed by atoms with Gasteiger partial charge in [0.1, 0.15) is 18.0 Å². The Labute approximate surface area is 199 Å². The highest BCUT2D eigenvalue weighted by atomic mass is 35.5. The normalized spacial score (nSPS) is 22.7. The number of carbonyl (C=O) groups excluding carboxylic acids is 1. The fraction of sp³-hybridized carbons (Fsp3) is 0.385. The second kappa shape index (κ2) is 10.1. The smallest absolute Gasteiger partial charge is 0.251 e. The van der Waals surface area contributed by atoms with Gasteiger partial charge in [-0.3, -0.25) is 9.78 Å². The van der Waals surface area contributed by atoms with Crippen LogP contribution < -0.4 is 4.74 Å². The number of ether oxygens (including phenoxy) is 2. The number of hydrogen-bond donors (Lipinski definition) is 0. The van der Waals surface area contributed by atoms with Crippen LogP contribution in [-0.2, 0) is 9.53 Å². The van der Waals surface area contributed by atoms with E-state index in [-0.39, 0.29) is 24.9 Å². The lowest BCUT2D eigenvalue weighted by Gasteiger charge is -2.35. The third kappa shape index (κ3) is 4.82. The van der Waals surface area contributed by atoms with Gasteiger partial charge in [0.25, 0.3) is 5.91 Å². The summed E-state index contributed by atoms with van der Waals surface area (Å²) in [5, 5.41) is 1.12. The van der Waals surface area contributed by atoms with Crippen molar-refractivity contribution in [3.05, 3.63) is 60.3 Å². The number of halogens is 2. The maximum Gasteiger partial charge on any atom is 0.251 e. The van der Waals surface area contributed by atoms with Crippen molar-refractivity contribution >= 4 is 29.2 Å². The SMILES string of the molecule is Cc1c(-c2ccc(O[C@H]3CCN(C(=O)[C@H]4CCCO4)C[C@H]3F)cc2)ccc2cccnc12.Cl. The molecule has 1 amide bonds. The average molecular weight is 471 g/mol. The Morgan fingerprint density at radius 2 is 1.97 bits per heavy atom. The maximum absolute atomic E-state index is 14.8. The van der Waals surface area contributed by atoms with Gasteiger partial charge in [0, 0.05) is 31.2 Å². The highest BCUT2D eigenvalue weighted by molar-refractivity contribution is 5.88. The molecular weight excluding hydrogens is 443 g/mol.